The molecule has 26 heavy (non-hydrogen) atoms. The van der Waals surface area contributed by atoms with Gasteiger partial charge >= 0.3 is 0 Å². The highest BCUT2D eigenvalue weighted by Gasteiger charge is 2.50. The molecule has 4 rings (SSSR count). The van der Waals surface area contributed by atoms with Crippen LogP contribution in [0.1, 0.15) is 35.7 Å². The van der Waals surface area contributed by atoms with Crippen LogP contribution in [0.4, 0.5) is 0 Å². The number of Topliss-reactive ketones (excluding diaryl/α,β-unsaturated/α-hetero) is 1. The van der Waals surface area contributed by atoms with Crippen molar-refractivity contribution in [1.82, 2.24) is 14.9 Å². The normalized spacial score (nSPS) is 28.1. The van der Waals surface area contributed by atoms with Crippen LogP contribution in [0.2, 0.25) is 0 Å². The van der Waals surface area contributed by atoms with Crippen molar-refractivity contribution in [3.63, 3.8) is 0 Å². The van der Waals surface area contributed by atoms with E-state index < -0.39 is 0 Å². The molecule has 1 aromatic heterocycles. The van der Waals surface area contributed by atoms with E-state index >= 15 is 0 Å². The molecule has 0 bridgehead atoms. The van der Waals surface area contributed by atoms with Crippen LogP contribution in [0, 0.1) is 18.3 Å². The first-order chi connectivity index (χ1) is 12.5. The maximum absolute atomic E-state index is 12.6. The van der Waals surface area contributed by atoms with Gasteiger partial charge in [0.25, 0.3) is 0 Å². The fourth-order valence-electron chi connectivity index (χ4n) is 4.51. The van der Waals surface area contributed by atoms with Gasteiger partial charge in [-0.05, 0) is 31.1 Å². The van der Waals surface area contributed by atoms with Gasteiger partial charge in [-0.25, -0.2) is 4.98 Å². The van der Waals surface area contributed by atoms with Crippen LogP contribution in [0.3, 0.4) is 0 Å². The predicted octanol–water partition coefficient (Wildman–Crippen LogP) is 3.15. The average Bonchev–Trinajstić information content (AvgIpc) is 3.06. The van der Waals surface area contributed by atoms with Gasteiger partial charge < -0.3 is 4.74 Å². The first-order valence-electron chi connectivity index (χ1n) is 9.27. The Bertz CT molecular complexity index is 778. The van der Waals surface area contributed by atoms with E-state index in [1.54, 1.807) is 18.6 Å². The Kier molecular flexibility index (Phi) is 4.49. The third-order valence-electron chi connectivity index (χ3n) is 5.86. The Morgan fingerprint density at radius 2 is 2.12 bits per heavy atom. The Hall–Kier alpha value is -2.27. The zero-order valence-corrected chi connectivity index (χ0v) is 15.4. The van der Waals surface area contributed by atoms with Gasteiger partial charge in [-0.2, -0.15) is 0 Å². The molecule has 5 heteroatoms. The monoisotopic (exact) mass is 351 g/mol. The van der Waals surface area contributed by atoms with Crippen LogP contribution in [-0.4, -0.2) is 46.4 Å². The highest BCUT2D eigenvalue weighted by molar-refractivity contribution is 5.97. The lowest BCUT2D eigenvalue weighted by Crippen LogP contribution is -2.31. The lowest BCUT2D eigenvalue weighted by Gasteiger charge is -2.24. The molecule has 5 nitrogen and oxygen atoms in total. The summed E-state index contributed by atoms with van der Waals surface area (Å²) < 4.78 is 6.01. The van der Waals surface area contributed by atoms with E-state index in [0.29, 0.717) is 18.3 Å². The summed E-state index contributed by atoms with van der Waals surface area (Å²) in [7, 11) is 0. The Balaban J connectivity index is 1.34. The summed E-state index contributed by atoms with van der Waals surface area (Å²) in [6.45, 7) is 6.79. The minimum absolute atomic E-state index is 0.191. The number of likely N-dealkylation sites (tertiary alicyclic amines) is 1. The zero-order chi connectivity index (χ0) is 18.1. The van der Waals surface area contributed by atoms with Crippen LogP contribution < -0.4 is 4.74 Å². The van der Waals surface area contributed by atoms with Gasteiger partial charge in [-0.15, -0.1) is 0 Å². The van der Waals surface area contributed by atoms with Gasteiger partial charge in [0, 0.05) is 31.0 Å². The topological polar surface area (TPSA) is 55.3 Å². The number of hydrogen-bond donors (Lipinski definition) is 0. The van der Waals surface area contributed by atoms with E-state index in [1.165, 1.54) is 5.56 Å². The maximum atomic E-state index is 12.6. The molecule has 0 N–H and O–H groups in total. The van der Waals surface area contributed by atoms with E-state index in [1.807, 2.05) is 31.2 Å². The standard InChI is InChI=1S/C21H25N3O2/c1-15-3-5-16(6-4-15)19(25)13-24-12-17-9-18(10-21(17,2)14-24)26-20-11-22-7-8-23-20/h3-8,11,17-18H,9-10,12-14H2,1-2H3/t17-,18+,21?/m1/s1. The van der Waals surface area contributed by atoms with Crippen molar-refractivity contribution in [2.24, 2.45) is 11.3 Å². The Labute approximate surface area is 154 Å². The zero-order valence-electron chi connectivity index (χ0n) is 15.4. The van der Waals surface area contributed by atoms with E-state index in [2.05, 4.69) is 21.8 Å². The van der Waals surface area contributed by atoms with E-state index in [9.17, 15) is 4.79 Å². The van der Waals surface area contributed by atoms with Gasteiger partial charge in [0.2, 0.25) is 5.88 Å². The highest BCUT2D eigenvalue weighted by Crippen LogP contribution is 2.49. The number of benzene rings is 1. The van der Waals surface area contributed by atoms with Crippen molar-refractivity contribution in [1.29, 1.82) is 0 Å². The molecule has 0 spiro atoms. The molecule has 2 heterocycles. The van der Waals surface area contributed by atoms with E-state index in [-0.39, 0.29) is 17.3 Å². The first kappa shape index (κ1) is 17.2. The number of aromatic nitrogens is 2. The van der Waals surface area contributed by atoms with Gasteiger partial charge in [0.1, 0.15) is 6.10 Å². The smallest absolute Gasteiger partial charge is 0.232 e. The van der Waals surface area contributed by atoms with Crippen molar-refractivity contribution in [3.8, 4) is 5.88 Å². The van der Waals surface area contributed by atoms with Crippen LogP contribution in [0.25, 0.3) is 0 Å². The molecule has 1 aliphatic heterocycles. The number of rotatable bonds is 5. The van der Waals surface area contributed by atoms with E-state index in [4.69, 9.17) is 4.74 Å². The molecule has 2 fully saturated rings. The molecule has 136 valence electrons. The molecule has 2 aromatic rings. The molecular weight excluding hydrogens is 326 g/mol. The summed E-state index contributed by atoms with van der Waals surface area (Å²) in [6.07, 6.45) is 7.19. The molecule has 1 saturated heterocycles. The van der Waals surface area contributed by atoms with Crippen LogP contribution >= 0.6 is 0 Å². The summed E-state index contributed by atoms with van der Waals surface area (Å²) in [6, 6.07) is 7.87. The fraction of sp³-hybridized carbons (Fsp3) is 0.476. The molecule has 1 saturated carbocycles. The number of ketones is 1. The number of fused-ring (bicyclic) bond motifs is 1. The Morgan fingerprint density at radius 1 is 1.31 bits per heavy atom. The second-order valence-electron chi connectivity index (χ2n) is 8.03. The summed E-state index contributed by atoms with van der Waals surface area (Å²) in [5.41, 5.74) is 2.20. The predicted molar refractivity (Wildman–Crippen MR) is 99.2 cm³/mol. The SMILES string of the molecule is Cc1ccc(C(=O)CN2C[C@H]3C[C@H](Oc4cnccn4)CC3(C)C2)cc1. The molecule has 1 aliphatic carbocycles. The number of hydrogen-bond acceptors (Lipinski definition) is 5. The van der Waals surface area contributed by atoms with Crippen molar-refractivity contribution < 1.29 is 9.53 Å². The quantitative estimate of drug-likeness (QED) is 0.775. The van der Waals surface area contributed by atoms with Gasteiger partial charge in [0.15, 0.2) is 5.78 Å². The number of aryl methyl sites for hydroxylation is 1. The van der Waals surface area contributed by atoms with Crippen LogP contribution in [0.15, 0.2) is 42.9 Å². The fourth-order valence-corrected chi connectivity index (χ4v) is 4.51. The number of nitrogens with zero attached hydrogens (tertiary/aromatic N) is 3. The van der Waals surface area contributed by atoms with Crippen LogP contribution in [-0.2, 0) is 0 Å². The summed E-state index contributed by atoms with van der Waals surface area (Å²) in [5.74, 6) is 1.38. The maximum Gasteiger partial charge on any atom is 0.232 e. The van der Waals surface area contributed by atoms with Crippen molar-refractivity contribution in [2.45, 2.75) is 32.8 Å². The molecule has 0 amide bonds. The molecule has 2 aliphatic rings. The highest BCUT2D eigenvalue weighted by atomic mass is 16.5. The Morgan fingerprint density at radius 3 is 2.81 bits per heavy atom. The molecular formula is C21H25N3O2. The van der Waals surface area contributed by atoms with Gasteiger partial charge in [0.05, 0.1) is 12.7 Å². The number of carbonyl (C=O) groups excluding carboxylic acids is 1. The second kappa shape index (κ2) is 6.80. The molecule has 1 unspecified atom stereocenters. The first-order valence-corrected chi connectivity index (χ1v) is 9.27. The lowest BCUT2D eigenvalue weighted by atomic mass is 9.83. The minimum atomic E-state index is 0.191. The second-order valence-corrected chi connectivity index (χ2v) is 8.03. The summed E-state index contributed by atoms with van der Waals surface area (Å²) in [4.78, 5) is 23.1. The van der Waals surface area contributed by atoms with Crippen molar-refractivity contribution in [2.75, 3.05) is 19.6 Å². The number of ether oxygens (including phenoxy) is 1. The van der Waals surface area contributed by atoms with Gasteiger partial charge in [-0.3, -0.25) is 14.7 Å². The molecule has 0 radical (unpaired) electrons. The van der Waals surface area contributed by atoms with Crippen LogP contribution in [0.5, 0.6) is 5.88 Å². The summed E-state index contributed by atoms with van der Waals surface area (Å²) >= 11 is 0. The third kappa shape index (κ3) is 3.49. The number of carbonyl (C=O) groups is 1. The van der Waals surface area contributed by atoms with E-state index in [0.717, 1.165) is 31.5 Å². The average molecular weight is 351 g/mol. The minimum Gasteiger partial charge on any atom is -0.473 e. The van der Waals surface area contributed by atoms with Crippen molar-refractivity contribution in [3.05, 3.63) is 54.0 Å². The third-order valence-corrected chi connectivity index (χ3v) is 5.86. The largest absolute Gasteiger partial charge is 0.473 e. The lowest BCUT2D eigenvalue weighted by molar-refractivity contribution is 0.0930. The van der Waals surface area contributed by atoms with Gasteiger partial charge in [-0.1, -0.05) is 36.8 Å². The van der Waals surface area contributed by atoms with Crippen molar-refractivity contribution >= 4 is 5.78 Å². The molecule has 1 aromatic carbocycles. The summed E-state index contributed by atoms with van der Waals surface area (Å²) in [5, 5.41) is 0. The molecule has 3 atom stereocenters.